The van der Waals surface area contributed by atoms with Gasteiger partial charge in [-0.1, -0.05) is 24.3 Å². The van der Waals surface area contributed by atoms with E-state index in [9.17, 15) is 14.0 Å². The molecule has 6 nitrogen and oxygen atoms in total. The molecule has 2 atom stereocenters. The molecule has 2 amide bonds. The number of methoxy groups -OCH3 is 2. The molecule has 1 saturated heterocycles. The molecule has 0 aliphatic carbocycles. The number of carbonyl (C=O) groups excluding carboxylic acids is 2. The van der Waals surface area contributed by atoms with E-state index in [0.717, 1.165) is 11.1 Å². The molecule has 7 heteroatoms. The van der Waals surface area contributed by atoms with Gasteiger partial charge in [-0.3, -0.25) is 9.59 Å². The van der Waals surface area contributed by atoms with Crippen LogP contribution in [0.1, 0.15) is 23.6 Å². The lowest BCUT2D eigenvalue weighted by Crippen LogP contribution is -2.35. The van der Waals surface area contributed by atoms with Crippen LogP contribution in [0.25, 0.3) is 0 Å². The highest BCUT2D eigenvalue weighted by atomic mass is 19.1. The highest BCUT2D eigenvalue weighted by molar-refractivity contribution is 6.01. The van der Waals surface area contributed by atoms with E-state index >= 15 is 0 Å². The van der Waals surface area contributed by atoms with E-state index in [1.807, 2.05) is 36.4 Å². The predicted molar refractivity (Wildman–Crippen MR) is 123 cm³/mol. The molecule has 0 spiro atoms. The van der Waals surface area contributed by atoms with Gasteiger partial charge in [0, 0.05) is 18.7 Å². The molecule has 33 heavy (non-hydrogen) atoms. The smallest absolute Gasteiger partial charge is 0.228 e. The van der Waals surface area contributed by atoms with Gasteiger partial charge in [-0.15, -0.1) is 0 Å². The largest absolute Gasteiger partial charge is 0.497 e. The Kier molecular flexibility index (Phi) is 6.58. The summed E-state index contributed by atoms with van der Waals surface area (Å²) in [7, 11) is 3.17. The fraction of sp³-hybridized carbons (Fsp3) is 0.231. The molecule has 0 unspecified atom stereocenters. The first-order valence-electron chi connectivity index (χ1n) is 10.6. The topological polar surface area (TPSA) is 67.9 Å². The van der Waals surface area contributed by atoms with E-state index in [4.69, 9.17) is 9.47 Å². The Hall–Kier alpha value is -3.87. The average Bonchev–Trinajstić information content (AvgIpc) is 3.20. The van der Waals surface area contributed by atoms with Crippen LogP contribution in [0.15, 0.2) is 72.8 Å². The molecule has 0 bridgehead atoms. The van der Waals surface area contributed by atoms with Crippen molar-refractivity contribution in [2.24, 2.45) is 5.92 Å². The van der Waals surface area contributed by atoms with Crippen LogP contribution < -0.4 is 19.7 Å². The van der Waals surface area contributed by atoms with Crippen molar-refractivity contribution < 1.29 is 23.5 Å². The number of rotatable bonds is 7. The maximum absolute atomic E-state index is 13.2. The van der Waals surface area contributed by atoms with Crippen molar-refractivity contribution >= 4 is 17.5 Å². The van der Waals surface area contributed by atoms with Crippen molar-refractivity contribution in [3.05, 3.63) is 89.7 Å². The molecule has 3 aromatic rings. The lowest BCUT2D eigenvalue weighted by Gasteiger charge is -2.28. The molecule has 1 aliphatic rings. The van der Waals surface area contributed by atoms with Crippen molar-refractivity contribution in [3.8, 4) is 11.5 Å². The predicted octanol–water partition coefficient (Wildman–Crippen LogP) is 4.25. The number of nitrogens with zero attached hydrogens (tertiary/aromatic N) is 1. The van der Waals surface area contributed by atoms with Crippen LogP contribution in [0.3, 0.4) is 0 Å². The molecule has 1 aliphatic heterocycles. The van der Waals surface area contributed by atoms with E-state index in [-0.39, 0.29) is 30.6 Å². The zero-order valence-corrected chi connectivity index (χ0v) is 18.5. The average molecular weight is 448 g/mol. The zero-order chi connectivity index (χ0) is 23.4. The molecule has 0 saturated carbocycles. The van der Waals surface area contributed by atoms with Crippen molar-refractivity contribution in [1.82, 2.24) is 5.32 Å². The third-order valence-electron chi connectivity index (χ3n) is 5.85. The van der Waals surface area contributed by atoms with Crippen LogP contribution in [0.2, 0.25) is 0 Å². The third kappa shape index (κ3) is 4.82. The molecule has 1 heterocycles. The third-order valence-corrected chi connectivity index (χ3v) is 5.85. The number of ether oxygens (including phenoxy) is 2. The van der Waals surface area contributed by atoms with E-state index in [1.54, 1.807) is 43.4 Å². The second kappa shape index (κ2) is 9.73. The summed E-state index contributed by atoms with van der Waals surface area (Å²) in [6.07, 6.45) is 0.0813. The van der Waals surface area contributed by atoms with Gasteiger partial charge in [0.1, 0.15) is 17.3 Å². The van der Waals surface area contributed by atoms with Crippen molar-refractivity contribution in [1.29, 1.82) is 0 Å². The van der Waals surface area contributed by atoms with Gasteiger partial charge in [-0.05, 0) is 59.7 Å². The van der Waals surface area contributed by atoms with Gasteiger partial charge in [0.25, 0.3) is 0 Å². The maximum Gasteiger partial charge on any atom is 0.228 e. The highest BCUT2D eigenvalue weighted by Gasteiger charge is 2.45. The maximum atomic E-state index is 13.2. The minimum Gasteiger partial charge on any atom is -0.497 e. The lowest BCUT2D eigenvalue weighted by atomic mass is 9.92. The monoisotopic (exact) mass is 448 g/mol. The summed E-state index contributed by atoms with van der Waals surface area (Å²) in [4.78, 5) is 28.0. The summed E-state index contributed by atoms with van der Waals surface area (Å²) in [5, 5.41) is 2.91. The van der Waals surface area contributed by atoms with Gasteiger partial charge >= 0.3 is 0 Å². The molecule has 3 aromatic carbocycles. The molecule has 1 N–H and O–H groups in total. The Bertz CT molecular complexity index is 1110. The fourth-order valence-corrected chi connectivity index (χ4v) is 4.12. The van der Waals surface area contributed by atoms with E-state index in [1.165, 1.54) is 12.1 Å². The van der Waals surface area contributed by atoms with Crippen LogP contribution in [0.5, 0.6) is 11.5 Å². The second-order valence-electron chi connectivity index (χ2n) is 7.83. The number of amides is 2. The first kappa shape index (κ1) is 22.3. The molecule has 170 valence electrons. The van der Waals surface area contributed by atoms with E-state index in [0.29, 0.717) is 17.2 Å². The number of anilines is 1. The molecule has 0 radical (unpaired) electrons. The summed E-state index contributed by atoms with van der Waals surface area (Å²) in [6, 6.07) is 20.1. The summed E-state index contributed by atoms with van der Waals surface area (Å²) in [5.74, 6) is 0.0819. The normalized spacial score (nSPS) is 17.7. The Morgan fingerprint density at radius 2 is 1.52 bits per heavy atom. The van der Waals surface area contributed by atoms with Crippen LogP contribution >= 0.6 is 0 Å². The summed E-state index contributed by atoms with van der Waals surface area (Å²) >= 11 is 0. The number of carbonyl (C=O) groups is 2. The van der Waals surface area contributed by atoms with Crippen LogP contribution in [0.4, 0.5) is 10.1 Å². The lowest BCUT2D eigenvalue weighted by molar-refractivity contribution is -0.127. The molecule has 4 rings (SSSR count). The number of nitrogens with one attached hydrogen (secondary N) is 1. The number of hydrogen-bond donors (Lipinski definition) is 1. The van der Waals surface area contributed by atoms with Crippen LogP contribution in [0, 0.1) is 11.7 Å². The minimum atomic E-state index is -0.589. The van der Waals surface area contributed by atoms with E-state index < -0.39 is 12.0 Å². The van der Waals surface area contributed by atoms with Crippen molar-refractivity contribution in [3.63, 3.8) is 0 Å². The Morgan fingerprint density at radius 1 is 0.939 bits per heavy atom. The number of hydrogen-bond acceptors (Lipinski definition) is 4. The van der Waals surface area contributed by atoms with Gasteiger partial charge in [0.05, 0.1) is 26.2 Å². The van der Waals surface area contributed by atoms with Crippen LogP contribution in [-0.2, 0) is 16.1 Å². The molecule has 1 fully saturated rings. The van der Waals surface area contributed by atoms with Crippen molar-refractivity contribution in [2.45, 2.75) is 19.0 Å². The Morgan fingerprint density at radius 3 is 2.09 bits per heavy atom. The van der Waals surface area contributed by atoms with Crippen LogP contribution in [-0.4, -0.2) is 26.0 Å². The van der Waals surface area contributed by atoms with Gasteiger partial charge < -0.3 is 19.7 Å². The first-order valence-corrected chi connectivity index (χ1v) is 10.6. The fourth-order valence-electron chi connectivity index (χ4n) is 4.12. The summed E-state index contributed by atoms with van der Waals surface area (Å²) in [6.45, 7) is 0.252. The quantitative estimate of drug-likeness (QED) is 0.587. The van der Waals surface area contributed by atoms with E-state index in [2.05, 4.69) is 5.32 Å². The molecular weight excluding hydrogens is 423 g/mol. The second-order valence-corrected chi connectivity index (χ2v) is 7.83. The minimum absolute atomic E-state index is 0.0813. The van der Waals surface area contributed by atoms with Crippen molar-refractivity contribution in [2.75, 3.05) is 19.1 Å². The van der Waals surface area contributed by atoms with Gasteiger partial charge in [-0.2, -0.15) is 0 Å². The van der Waals surface area contributed by atoms with Gasteiger partial charge in [0.15, 0.2) is 0 Å². The summed E-state index contributed by atoms with van der Waals surface area (Å²) < 4.78 is 23.7. The number of halogens is 1. The zero-order valence-electron chi connectivity index (χ0n) is 18.5. The Labute approximate surface area is 191 Å². The summed E-state index contributed by atoms with van der Waals surface area (Å²) in [5.41, 5.74) is 2.30. The molecular formula is C26H25FN2O4. The van der Waals surface area contributed by atoms with Gasteiger partial charge in [0.2, 0.25) is 11.8 Å². The highest BCUT2D eigenvalue weighted by Crippen LogP contribution is 2.42. The first-order chi connectivity index (χ1) is 16.0. The standard InChI is InChI=1S/C26H25FN2O4/c1-32-21-11-5-18(6-12-21)25-23(26(31)28-16-17-3-7-19(27)8-4-17)15-24(30)29(25)20-9-13-22(33-2)14-10-20/h3-14,23,25H,15-16H2,1-2H3,(H,28,31)/t23-,25-/m1/s1. The van der Waals surface area contributed by atoms with Gasteiger partial charge in [-0.25, -0.2) is 4.39 Å². The molecule has 0 aromatic heterocycles. The SMILES string of the molecule is COc1ccc([C@@H]2[C@H](C(=O)NCc3ccc(F)cc3)CC(=O)N2c2ccc(OC)cc2)cc1. The number of benzene rings is 3. The Balaban J connectivity index is 1.63.